The molecule has 0 unspecified atom stereocenters. The maximum absolute atomic E-state index is 8.89. The van der Waals surface area contributed by atoms with Gasteiger partial charge in [-0.3, -0.25) is 4.90 Å². The average Bonchev–Trinajstić information content (AvgIpc) is 3.24. The molecule has 2 rings (SSSR count). The van der Waals surface area contributed by atoms with Crippen LogP contribution in [0.1, 0.15) is 31.2 Å². The van der Waals surface area contributed by atoms with Crippen LogP contribution < -0.4 is 4.74 Å². The molecule has 0 heterocycles. The number of nitrogens with zero attached hydrogens (tertiary/aromatic N) is 1. The Morgan fingerprint density at radius 1 is 1.37 bits per heavy atom. The SMILES string of the molecule is COc1ccc(Br)c(CN(CCCCO)C2CC2)c1. The second-order valence-electron chi connectivity index (χ2n) is 5.09. The molecule has 0 spiro atoms. The Morgan fingerprint density at radius 3 is 2.79 bits per heavy atom. The number of methoxy groups -OCH3 is 1. The first-order chi connectivity index (χ1) is 9.24. The van der Waals surface area contributed by atoms with Crippen molar-refractivity contribution >= 4 is 15.9 Å². The van der Waals surface area contributed by atoms with Crippen molar-refractivity contribution < 1.29 is 9.84 Å². The molecule has 0 saturated heterocycles. The summed E-state index contributed by atoms with van der Waals surface area (Å²) in [4.78, 5) is 2.52. The Bertz CT molecular complexity index is 407. The first-order valence-corrected chi connectivity index (χ1v) is 7.71. The van der Waals surface area contributed by atoms with E-state index in [4.69, 9.17) is 9.84 Å². The van der Waals surface area contributed by atoms with Gasteiger partial charge < -0.3 is 9.84 Å². The standard InChI is InChI=1S/C15H22BrNO2/c1-19-14-6-7-15(16)12(10-14)11-17(13-4-5-13)8-2-3-9-18/h6-7,10,13,18H,2-5,8-9,11H2,1H3. The number of hydrogen-bond acceptors (Lipinski definition) is 3. The van der Waals surface area contributed by atoms with Gasteiger partial charge in [0.15, 0.2) is 0 Å². The van der Waals surface area contributed by atoms with Gasteiger partial charge in [-0.2, -0.15) is 0 Å². The molecule has 0 atom stereocenters. The number of benzene rings is 1. The van der Waals surface area contributed by atoms with Gasteiger partial charge in [-0.15, -0.1) is 0 Å². The minimum absolute atomic E-state index is 0.293. The molecule has 0 bridgehead atoms. The predicted octanol–water partition coefficient (Wildman–Crippen LogP) is 3.19. The van der Waals surface area contributed by atoms with Gasteiger partial charge in [0.1, 0.15) is 5.75 Å². The van der Waals surface area contributed by atoms with Crippen molar-refractivity contribution in [1.82, 2.24) is 4.90 Å². The van der Waals surface area contributed by atoms with Crippen molar-refractivity contribution in [3.8, 4) is 5.75 Å². The van der Waals surface area contributed by atoms with Crippen molar-refractivity contribution in [2.45, 2.75) is 38.3 Å². The molecule has 4 heteroatoms. The van der Waals surface area contributed by atoms with Crippen LogP contribution in [0.5, 0.6) is 5.75 Å². The second kappa shape index (κ2) is 7.27. The minimum atomic E-state index is 0.293. The fourth-order valence-corrected chi connectivity index (χ4v) is 2.65. The van der Waals surface area contributed by atoms with E-state index >= 15 is 0 Å². The number of aliphatic hydroxyl groups excluding tert-OH is 1. The lowest BCUT2D eigenvalue weighted by Gasteiger charge is -2.22. The highest BCUT2D eigenvalue weighted by Crippen LogP contribution is 2.31. The quantitative estimate of drug-likeness (QED) is 0.744. The van der Waals surface area contributed by atoms with Gasteiger partial charge in [0, 0.05) is 23.7 Å². The maximum atomic E-state index is 8.89. The Hall–Kier alpha value is -0.580. The first kappa shape index (κ1) is 14.8. The average molecular weight is 328 g/mol. The molecule has 3 nitrogen and oxygen atoms in total. The molecule has 1 N–H and O–H groups in total. The van der Waals surface area contributed by atoms with Gasteiger partial charge in [0.05, 0.1) is 7.11 Å². The summed E-state index contributed by atoms with van der Waals surface area (Å²) in [5.74, 6) is 0.907. The van der Waals surface area contributed by atoms with Gasteiger partial charge in [-0.1, -0.05) is 15.9 Å². The van der Waals surface area contributed by atoms with E-state index in [2.05, 4.69) is 26.9 Å². The van der Waals surface area contributed by atoms with Crippen LogP contribution in [-0.4, -0.2) is 36.3 Å². The summed E-state index contributed by atoms with van der Waals surface area (Å²) in [6.45, 7) is 2.31. The lowest BCUT2D eigenvalue weighted by molar-refractivity contribution is 0.228. The molecule has 1 aliphatic carbocycles. The summed E-state index contributed by atoms with van der Waals surface area (Å²) in [6, 6.07) is 6.86. The van der Waals surface area contributed by atoms with E-state index in [0.29, 0.717) is 6.61 Å². The van der Waals surface area contributed by atoms with Crippen molar-refractivity contribution in [2.75, 3.05) is 20.3 Å². The number of ether oxygens (including phenoxy) is 1. The van der Waals surface area contributed by atoms with Crippen molar-refractivity contribution in [2.24, 2.45) is 0 Å². The zero-order valence-corrected chi connectivity index (χ0v) is 13.0. The van der Waals surface area contributed by atoms with E-state index in [0.717, 1.165) is 42.2 Å². The molecule has 0 aromatic heterocycles. The predicted molar refractivity (Wildman–Crippen MR) is 80.4 cm³/mol. The van der Waals surface area contributed by atoms with Gasteiger partial charge in [-0.25, -0.2) is 0 Å². The van der Waals surface area contributed by atoms with E-state index in [9.17, 15) is 0 Å². The number of hydrogen-bond donors (Lipinski definition) is 1. The molecule has 0 amide bonds. The molecule has 0 radical (unpaired) electrons. The van der Waals surface area contributed by atoms with E-state index < -0.39 is 0 Å². The van der Waals surface area contributed by atoms with Crippen molar-refractivity contribution in [1.29, 1.82) is 0 Å². The molecule has 1 saturated carbocycles. The lowest BCUT2D eigenvalue weighted by Crippen LogP contribution is -2.27. The highest BCUT2D eigenvalue weighted by Gasteiger charge is 2.28. The molecule has 1 aromatic rings. The van der Waals surface area contributed by atoms with Crippen LogP contribution in [0.4, 0.5) is 0 Å². The Labute approximate surface area is 123 Å². The van der Waals surface area contributed by atoms with Crippen LogP contribution in [0.2, 0.25) is 0 Å². The molecule has 1 aliphatic rings. The van der Waals surface area contributed by atoms with Crippen LogP contribution in [0.25, 0.3) is 0 Å². The smallest absolute Gasteiger partial charge is 0.119 e. The van der Waals surface area contributed by atoms with Gasteiger partial charge in [0.2, 0.25) is 0 Å². The van der Waals surface area contributed by atoms with Crippen molar-refractivity contribution in [3.63, 3.8) is 0 Å². The fraction of sp³-hybridized carbons (Fsp3) is 0.600. The van der Waals surface area contributed by atoms with Gasteiger partial charge >= 0.3 is 0 Å². The number of aliphatic hydroxyl groups is 1. The summed E-state index contributed by atoms with van der Waals surface area (Å²) >= 11 is 3.62. The second-order valence-corrected chi connectivity index (χ2v) is 5.94. The zero-order valence-electron chi connectivity index (χ0n) is 11.4. The third-order valence-corrected chi connectivity index (χ3v) is 4.32. The summed E-state index contributed by atoms with van der Waals surface area (Å²) in [5.41, 5.74) is 1.27. The Kier molecular flexibility index (Phi) is 5.67. The molecule has 1 aromatic carbocycles. The van der Waals surface area contributed by atoms with Crippen LogP contribution in [0, 0.1) is 0 Å². The highest BCUT2D eigenvalue weighted by molar-refractivity contribution is 9.10. The normalized spacial score (nSPS) is 14.9. The van der Waals surface area contributed by atoms with Crippen LogP contribution >= 0.6 is 15.9 Å². The summed E-state index contributed by atoms with van der Waals surface area (Å²) < 4.78 is 6.43. The monoisotopic (exact) mass is 327 g/mol. The molecule has 1 fully saturated rings. The summed E-state index contributed by atoms with van der Waals surface area (Å²) in [5, 5.41) is 8.89. The van der Waals surface area contributed by atoms with E-state index in [-0.39, 0.29) is 0 Å². The first-order valence-electron chi connectivity index (χ1n) is 6.92. The van der Waals surface area contributed by atoms with E-state index in [1.165, 1.54) is 18.4 Å². The molecule has 0 aliphatic heterocycles. The zero-order chi connectivity index (χ0) is 13.7. The van der Waals surface area contributed by atoms with E-state index in [1.54, 1.807) is 7.11 Å². The summed E-state index contributed by atoms with van der Waals surface area (Å²) in [6.07, 6.45) is 4.57. The molecule has 106 valence electrons. The highest BCUT2D eigenvalue weighted by atomic mass is 79.9. The number of rotatable bonds is 8. The summed E-state index contributed by atoms with van der Waals surface area (Å²) in [7, 11) is 1.70. The van der Waals surface area contributed by atoms with Gasteiger partial charge in [0.25, 0.3) is 0 Å². The van der Waals surface area contributed by atoms with Crippen molar-refractivity contribution in [3.05, 3.63) is 28.2 Å². The van der Waals surface area contributed by atoms with Crippen LogP contribution in [0.3, 0.4) is 0 Å². The maximum Gasteiger partial charge on any atom is 0.119 e. The third-order valence-electron chi connectivity index (χ3n) is 3.54. The Morgan fingerprint density at radius 2 is 2.16 bits per heavy atom. The minimum Gasteiger partial charge on any atom is -0.497 e. The molecular weight excluding hydrogens is 306 g/mol. The molecule has 19 heavy (non-hydrogen) atoms. The van der Waals surface area contributed by atoms with E-state index in [1.807, 2.05) is 12.1 Å². The van der Waals surface area contributed by atoms with Gasteiger partial charge in [-0.05, 0) is 56.0 Å². The third kappa shape index (κ3) is 4.48. The van der Waals surface area contributed by atoms with Crippen LogP contribution in [-0.2, 0) is 6.54 Å². The fourth-order valence-electron chi connectivity index (χ4n) is 2.28. The number of unbranched alkanes of at least 4 members (excludes halogenated alkanes) is 1. The van der Waals surface area contributed by atoms with Crippen LogP contribution in [0.15, 0.2) is 22.7 Å². The Balaban J connectivity index is 1.99. The topological polar surface area (TPSA) is 32.7 Å². The largest absolute Gasteiger partial charge is 0.497 e. The lowest BCUT2D eigenvalue weighted by atomic mass is 10.2. The number of halogens is 1. The molecular formula is C15H22BrNO2.